The number of H-pyrrole nitrogens is 1. The number of anilines is 1. The average molecular weight is 192 g/mol. The van der Waals surface area contributed by atoms with Crippen LogP contribution < -0.4 is 5.73 Å². The van der Waals surface area contributed by atoms with Crippen molar-refractivity contribution in [1.82, 2.24) is 25.0 Å². The third-order valence-electron chi connectivity index (χ3n) is 2.09. The van der Waals surface area contributed by atoms with E-state index in [0.717, 1.165) is 23.9 Å². The summed E-state index contributed by atoms with van der Waals surface area (Å²) in [6.45, 7) is 4.78. The second kappa shape index (κ2) is 3.13. The summed E-state index contributed by atoms with van der Waals surface area (Å²) in [7, 11) is 0. The van der Waals surface area contributed by atoms with E-state index in [1.165, 1.54) is 0 Å². The van der Waals surface area contributed by atoms with Crippen LogP contribution in [0.5, 0.6) is 0 Å². The number of nitrogens with zero attached hydrogens (tertiary/aromatic N) is 4. The summed E-state index contributed by atoms with van der Waals surface area (Å²) >= 11 is 0. The lowest BCUT2D eigenvalue weighted by molar-refractivity contribution is 0.734. The van der Waals surface area contributed by atoms with E-state index in [1.54, 1.807) is 6.07 Å². The van der Waals surface area contributed by atoms with Gasteiger partial charge in [0, 0.05) is 12.6 Å². The number of nitrogens with one attached hydrogen (secondary N) is 1. The summed E-state index contributed by atoms with van der Waals surface area (Å²) < 4.78 is 1.99. The predicted octanol–water partition coefficient (Wildman–Crippen LogP) is 0.579. The molecule has 0 radical (unpaired) electrons. The molecule has 0 saturated heterocycles. The summed E-state index contributed by atoms with van der Waals surface area (Å²) in [4.78, 5) is 0. The zero-order valence-corrected chi connectivity index (χ0v) is 8.15. The Bertz CT molecular complexity index is 440. The maximum atomic E-state index is 5.51. The zero-order valence-electron chi connectivity index (χ0n) is 8.15. The van der Waals surface area contributed by atoms with Gasteiger partial charge in [-0.05, 0) is 13.8 Å². The highest BCUT2D eigenvalue weighted by molar-refractivity contribution is 5.54. The summed E-state index contributed by atoms with van der Waals surface area (Å²) in [5, 5.41) is 14.7. The highest BCUT2D eigenvalue weighted by Gasteiger charge is 2.11. The minimum absolute atomic E-state index is 0.461. The number of aromatic nitrogens is 5. The predicted molar refractivity (Wildman–Crippen MR) is 52.4 cm³/mol. The smallest absolute Gasteiger partial charge is 0.182 e. The van der Waals surface area contributed by atoms with Crippen LogP contribution in [0.15, 0.2) is 6.07 Å². The first-order valence-electron chi connectivity index (χ1n) is 4.43. The van der Waals surface area contributed by atoms with Gasteiger partial charge in [-0.1, -0.05) is 0 Å². The molecule has 0 atom stereocenters. The van der Waals surface area contributed by atoms with Crippen LogP contribution in [0, 0.1) is 6.92 Å². The van der Waals surface area contributed by atoms with Crippen molar-refractivity contribution in [2.75, 3.05) is 5.73 Å². The van der Waals surface area contributed by atoms with Gasteiger partial charge in [-0.3, -0.25) is 5.10 Å². The second-order valence-electron chi connectivity index (χ2n) is 3.02. The molecule has 0 aliphatic heterocycles. The van der Waals surface area contributed by atoms with Crippen molar-refractivity contribution in [3.05, 3.63) is 11.9 Å². The van der Waals surface area contributed by atoms with E-state index in [-0.39, 0.29) is 0 Å². The minimum Gasteiger partial charge on any atom is -0.382 e. The lowest BCUT2D eigenvalue weighted by Gasteiger charge is -2.01. The fraction of sp³-hybridized carbons (Fsp3) is 0.375. The van der Waals surface area contributed by atoms with Crippen molar-refractivity contribution in [3.8, 4) is 11.5 Å². The third kappa shape index (κ3) is 1.24. The van der Waals surface area contributed by atoms with Crippen LogP contribution >= 0.6 is 0 Å². The molecule has 14 heavy (non-hydrogen) atoms. The molecule has 2 aromatic rings. The Hall–Kier alpha value is -1.85. The summed E-state index contributed by atoms with van der Waals surface area (Å²) in [5.74, 6) is 2.12. The van der Waals surface area contributed by atoms with E-state index in [0.29, 0.717) is 5.82 Å². The van der Waals surface area contributed by atoms with E-state index in [2.05, 4.69) is 20.4 Å². The van der Waals surface area contributed by atoms with Crippen LogP contribution in [0.2, 0.25) is 0 Å². The fourth-order valence-corrected chi connectivity index (χ4v) is 1.41. The molecule has 74 valence electrons. The van der Waals surface area contributed by atoms with E-state index >= 15 is 0 Å². The first kappa shape index (κ1) is 8.74. The highest BCUT2D eigenvalue weighted by Crippen LogP contribution is 2.16. The molecule has 0 amide bonds. The fourth-order valence-electron chi connectivity index (χ4n) is 1.41. The van der Waals surface area contributed by atoms with Gasteiger partial charge in [0.2, 0.25) is 0 Å². The minimum atomic E-state index is 0.461. The largest absolute Gasteiger partial charge is 0.382 e. The second-order valence-corrected chi connectivity index (χ2v) is 3.02. The summed E-state index contributed by atoms with van der Waals surface area (Å²) in [6, 6.07) is 1.75. The molecule has 6 nitrogen and oxygen atoms in total. The monoisotopic (exact) mass is 192 g/mol. The third-order valence-corrected chi connectivity index (χ3v) is 2.09. The van der Waals surface area contributed by atoms with Crippen molar-refractivity contribution in [2.45, 2.75) is 20.4 Å². The Kier molecular flexibility index (Phi) is 1.95. The molecule has 0 aliphatic rings. The molecule has 0 unspecified atom stereocenters. The summed E-state index contributed by atoms with van der Waals surface area (Å²) in [6.07, 6.45) is 0. The molecule has 0 aromatic carbocycles. The van der Waals surface area contributed by atoms with Crippen LogP contribution in [0.1, 0.15) is 12.7 Å². The van der Waals surface area contributed by atoms with E-state index in [4.69, 9.17) is 5.73 Å². The van der Waals surface area contributed by atoms with Gasteiger partial charge >= 0.3 is 0 Å². The van der Waals surface area contributed by atoms with Crippen LogP contribution in [0.25, 0.3) is 11.5 Å². The molecule has 6 heteroatoms. The van der Waals surface area contributed by atoms with Gasteiger partial charge < -0.3 is 10.3 Å². The molecule has 0 spiro atoms. The van der Waals surface area contributed by atoms with Gasteiger partial charge in [0.05, 0.1) is 0 Å². The Morgan fingerprint density at radius 2 is 2.29 bits per heavy atom. The molecule has 3 N–H and O–H groups in total. The first-order valence-corrected chi connectivity index (χ1v) is 4.43. The number of rotatable bonds is 2. The van der Waals surface area contributed by atoms with Crippen molar-refractivity contribution in [3.63, 3.8) is 0 Å². The van der Waals surface area contributed by atoms with Gasteiger partial charge in [0.25, 0.3) is 0 Å². The molecule has 0 saturated carbocycles. The zero-order chi connectivity index (χ0) is 10.1. The maximum Gasteiger partial charge on any atom is 0.182 e. The van der Waals surface area contributed by atoms with E-state index in [9.17, 15) is 0 Å². The standard InChI is InChI=1S/C8H12N6/c1-3-14-5(2)10-13-8(14)6-4-7(9)12-11-6/h4H,3H2,1-2H3,(H3,9,11,12). The van der Waals surface area contributed by atoms with Crippen molar-refractivity contribution >= 4 is 5.82 Å². The van der Waals surface area contributed by atoms with Gasteiger partial charge in [-0.2, -0.15) is 5.10 Å². The number of nitrogen functional groups attached to an aromatic ring is 1. The molecular formula is C8H12N6. The lowest BCUT2D eigenvalue weighted by atomic mass is 10.4. The van der Waals surface area contributed by atoms with Crippen LogP contribution in [0.4, 0.5) is 5.82 Å². The van der Waals surface area contributed by atoms with Crippen molar-refractivity contribution in [2.24, 2.45) is 0 Å². The quantitative estimate of drug-likeness (QED) is 0.728. The normalized spacial score (nSPS) is 10.7. The van der Waals surface area contributed by atoms with Crippen LogP contribution in [-0.2, 0) is 6.54 Å². The number of aryl methyl sites for hydroxylation is 1. The van der Waals surface area contributed by atoms with Gasteiger partial charge in [-0.15, -0.1) is 10.2 Å². The maximum absolute atomic E-state index is 5.51. The Morgan fingerprint density at radius 1 is 1.50 bits per heavy atom. The number of hydrogen-bond donors (Lipinski definition) is 2. The Balaban J connectivity index is 2.51. The van der Waals surface area contributed by atoms with Crippen molar-refractivity contribution < 1.29 is 0 Å². The van der Waals surface area contributed by atoms with Crippen molar-refractivity contribution in [1.29, 1.82) is 0 Å². The van der Waals surface area contributed by atoms with Crippen LogP contribution in [0.3, 0.4) is 0 Å². The summed E-state index contributed by atoms with van der Waals surface area (Å²) in [5.41, 5.74) is 6.31. The molecule has 2 rings (SSSR count). The number of nitrogens with two attached hydrogens (primary N) is 1. The first-order chi connectivity index (χ1) is 6.72. The molecule has 0 aliphatic carbocycles. The van der Waals surface area contributed by atoms with Gasteiger partial charge in [0.1, 0.15) is 17.3 Å². The van der Waals surface area contributed by atoms with Crippen LogP contribution in [-0.4, -0.2) is 25.0 Å². The highest BCUT2D eigenvalue weighted by atomic mass is 15.3. The van der Waals surface area contributed by atoms with E-state index in [1.807, 2.05) is 18.4 Å². The lowest BCUT2D eigenvalue weighted by Crippen LogP contribution is -1.99. The number of aromatic amines is 1. The molecule has 0 fully saturated rings. The molecule has 2 heterocycles. The van der Waals surface area contributed by atoms with E-state index < -0.39 is 0 Å². The number of hydrogen-bond acceptors (Lipinski definition) is 4. The molecular weight excluding hydrogens is 180 g/mol. The molecule has 2 aromatic heterocycles. The van der Waals surface area contributed by atoms with Gasteiger partial charge in [-0.25, -0.2) is 0 Å². The Morgan fingerprint density at radius 3 is 2.86 bits per heavy atom. The topological polar surface area (TPSA) is 85.4 Å². The van der Waals surface area contributed by atoms with Gasteiger partial charge in [0.15, 0.2) is 5.82 Å². The molecule has 0 bridgehead atoms. The average Bonchev–Trinajstić information content (AvgIpc) is 2.71. The SMILES string of the molecule is CCn1c(C)nnc1-c1cc(N)n[nH]1. The Labute approximate surface area is 81.1 Å².